The van der Waals surface area contributed by atoms with E-state index in [4.69, 9.17) is 0 Å². The molecule has 0 aliphatic heterocycles. The van der Waals surface area contributed by atoms with Gasteiger partial charge in [-0.3, -0.25) is 0 Å². The molecule has 0 saturated carbocycles. The maximum absolute atomic E-state index is 4.60. The van der Waals surface area contributed by atoms with Gasteiger partial charge in [-0.2, -0.15) is 0 Å². The minimum absolute atomic E-state index is 1.07. The first kappa shape index (κ1) is 12.4. The molecule has 0 atom stereocenters. The van der Waals surface area contributed by atoms with Gasteiger partial charge in [-0.15, -0.1) is 0 Å². The SMILES string of the molecule is Cc1cccc(-c2cc[c]([Ge]([CH3])([CH3])[CH3])cn2)c1. The van der Waals surface area contributed by atoms with Gasteiger partial charge in [0.05, 0.1) is 0 Å². The van der Waals surface area contributed by atoms with E-state index in [1.165, 1.54) is 15.5 Å². The second kappa shape index (κ2) is 4.65. The quantitative estimate of drug-likeness (QED) is 0.769. The zero-order chi connectivity index (χ0) is 12.5. The van der Waals surface area contributed by atoms with E-state index in [1.807, 2.05) is 0 Å². The number of pyridine rings is 1. The second-order valence-corrected chi connectivity index (χ2v) is 16.2. The average molecular weight is 286 g/mol. The van der Waals surface area contributed by atoms with E-state index >= 15 is 0 Å². The molecule has 17 heavy (non-hydrogen) atoms. The first-order valence-corrected chi connectivity index (χ1v) is 13.3. The number of rotatable bonds is 2. The van der Waals surface area contributed by atoms with Crippen molar-refractivity contribution in [1.82, 2.24) is 4.98 Å². The summed E-state index contributed by atoms with van der Waals surface area (Å²) in [6, 6.07) is 12.9. The first-order chi connectivity index (χ1) is 7.97. The Morgan fingerprint density at radius 1 is 1.00 bits per heavy atom. The van der Waals surface area contributed by atoms with Crippen LogP contribution in [0, 0.1) is 6.92 Å². The van der Waals surface area contributed by atoms with Crippen molar-refractivity contribution in [3.8, 4) is 11.3 Å². The van der Waals surface area contributed by atoms with E-state index in [0.717, 1.165) is 5.69 Å². The number of aromatic nitrogens is 1. The van der Waals surface area contributed by atoms with Crippen LogP contribution in [-0.2, 0) is 0 Å². The fourth-order valence-electron chi connectivity index (χ4n) is 1.81. The molecule has 1 heterocycles. The summed E-state index contributed by atoms with van der Waals surface area (Å²) in [6.45, 7) is 2.11. The van der Waals surface area contributed by atoms with Gasteiger partial charge in [-0.1, -0.05) is 0 Å². The zero-order valence-electron chi connectivity index (χ0n) is 11.0. The normalized spacial score (nSPS) is 11.5. The molecule has 0 radical (unpaired) electrons. The Morgan fingerprint density at radius 3 is 2.29 bits per heavy atom. The average Bonchev–Trinajstić information content (AvgIpc) is 2.28. The molecule has 0 amide bonds. The molecule has 0 saturated heterocycles. The Hall–Kier alpha value is -1.09. The van der Waals surface area contributed by atoms with Gasteiger partial charge < -0.3 is 0 Å². The summed E-state index contributed by atoms with van der Waals surface area (Å²) in [6.07, 6.45) is 2.07. The van der Waals surface area contributed by atoms with Crippen LogP contribution in [-0.4, -0.2) is 18.3 Å². The molecule has 0 N–H and O–H groups in total. The third-order valence-corrected chi connectivity index (χ3v) is 7.20. The van der Waals surface area contributed by atoms with Crippen molar-refractivity contribution in [1.29, 1.82) is 0 Å². The molecule has 2 aromatic rings. The molecule has 0 fully saturated rings. The van der Waals surface area contributed by atoms with Crippen molar-refractivity contribution in [2.24, 2.45) is 0 Å². The Kier molecular flexibility index (Phi) is 3.38. The van der Waals surface area contributed by atoms with Crippen LogP contribution in [0.5, 0.6) is 0 Å². The van der Waals surface area contributed by atoms with Gasteiger partial charge in [-0.25, -0.2) is 0 Å². The van der Waals surface area contributed by atoms with Crippen LogP contribution in [0.25, 0.3) is 11.3 Å². The van der Waals surface area contributed by atoms with Gasteiger partial charge in [0, 0.05) is 0 Å². The molecule has 1 nitrogen and oxygen atoms in total. The fraction of sp³-hybridized carbons (Fsp3) is 0.267. The van der Waals surface area contributed by atoms with Crippen molar-refractivity contribution in [3.63, 3.8) is 0 Å². The zero-order valence-corrected chi connectivity index (χ0v) is 13.1. The Morgan fingerprint density at radius 2 is 1.76 bits per heavy atom. The standard InChI is InChI=1S/C15H19GeN/c1-12-6-5-7-13(10-12)15-9-8-14(11-17-15)16(2,3)4/h5-11H,1-4H3. The van der Waals surface area contributed by atoms with Crippen LogP contribution >= 0.6 is 0 Å². The van der Waals surface area contributed by atoms with Crippen molar-refractivity contribution < 1.29 is 0 Å². The fourth-order valence-corrected chi connectivity index (χ4v) is 3.98. The van der Waals surface area contributed by atoms with Gasteiger partial charge in [-0.05, 0) is 0 Å². The van der Waals surface area contributed by atoms with Gasteiger partial charge >= 0.3 is 106 Å². The van der Waals surface area contributed by atoms with Gasteiger partial charge in [0.15, 0.2) is 0 Å². The van der Waals surface area contributed by atoms with Gasteiger partial charge in [0.25, 0.3) is 0 Å². The summed E-state index contributed by atoms with van der Waals surface area (Å²) in [4.78, 5) is 4.60. The Labute approximate surface area is 106 Å². The van der Waals surface area contributed by atoms with Crippen LogP contribution in [0.2, 0.25) is 17.3 Å². The van der Waals surface area contributed by atoms with Crippen LogP contribution in [0.1, 0.15) is 5.56 Å². The molecule has 2 rings (SSSR count). The van der Waals surface area contributed by atoms with E-state index in [-0.39, 0.29) is 0 Å². The molecular weight excluding hydrogens is 267 g/mol. The van der Waals surface area contributed by atoms with Crippen molar-refractivity contribution >= 4 is 17.7 Å². The van der Waals surface area contributed by atoms with Crippen LogP contribution in [0.3, 0.4) is 0 Å². The summed E-state index contributed by atoms with van der Waals surface area (Å²) >= 11 is -1.72. The molecule has 0 unspecified atom stereocenters. The predicted molar refractivity (Wildman–Crippen MR) is 77.4 cm³/mol. The van der Waals surface area contributed by atoms with Crippen LogP contribution in [0.15, 0.2) is 42.6 Å². The molecule has 1 aromatic carbocycles. The summed E-state index contributed by atoms with van der Waals surface area (Å²) in [7, 11) is 0. The number of benzene rings is 1. The van der Waals surface area contributed by atoms with Crippen LogP contribution < -0.4 is 4.40 Å². The molecule has 88 valence electrons. The Bertz CT molecular complexity index is 509. The van der Waals surface area contributed by atoms with Crippen molar-refractivity contribution in [2.75, 3.05) is 0 Å². The molecule has 0 spiro atoms. The number of hydrogen-bond donors (Lipinski definition) is 0. The van der Waals surface area contributed by atoms with Crippen molar-refractivity contribution in [3.05, 3.63) is 48.2 Å². The number of nitrogens with zero attached hydrogens (tertiary/aromatic N) is 1. The van der Waals surface area contributed by atoms with E-state index in [2.05, 4.69) is 71.8 Å². The number of hydrogen-bond acceptors (Lipinski definition) is 1. The molecule has 0 aliphatic rings. The van der Waals surface area contributed by atoms with Crippen LogP contribution in [0.4, 0.5) is 0 Å². The molecule has 1 aromatic heterocycles. The third kappa shape index (κ3) is 2.97. The van der Waals surface area contributed by atoms with E-state index in [0.29, 0.717) is 0 Å². The summed E-state index contributed by atoms with van der Waals surface area (Å²) < 4.78 is 1.46. The topological polar surface area (TPSA) is 12.9 Å². The van der Waals surface area contributed by atoms with Gasteiger partial charge in [0.2, 0.25) is 0 Å². The number of aryl methyl sites for hydroxylation is 1. The molecular formula is C15H19GeN. The summed E-state index contributed by atoms with van der Waals surface area (Å²) in [5.74, 6) is 7.18. The third-order valence-electron chi connectivity index (χ3n) is 2.94. The molecule has 2 heteroatoms. The van der Waals surface area contributed by atoms with Gasteiger partial charge in [0.1, 0.15) is 0 Å². The molecule has 0 bridgehead atoms. The maximum atomic E-state index is 4.60. The Balaban J connectivity index is 2.36. The summed E-state index contributed by atoms with van der Waals surface area (Å²) in [5.41, 5.74) is 3.56. The predicted octanol–water partition coefficient (Wildman–Crippen LogP) is 3.60. The van der Waals surface area contributed by atoms with E-state index in [9.17, 15) is 0 Å². The monoisotopic (exact) mass is 287 g/mol. The molecule has 0 aliphatic carbocycles. The second-order valence-electron chi connectivity index (χ2n) is 5.55. The first-order valence-electron chi connectivity index (χ1n) is 6.00. The summed E-state index contributed by atoms with van der Waals surface area (Å²) in [5, 5.41) is 0. The van der Waals surface area contributed by atoms with E-state index in [1.54, 1.807) is 0 Å². The van der Waals surface area contributed by atoms with E-state index < -0.39 is 13.3 Å². The van der Waals surface area contributed by atoms with Crippen molar-refractivity contribution in [2.45, 2.75) is 24.2 Å². The minimum atomic E-state index is -1.72.